The molecule has 100 valence electrons. The van der Waals surface area contributed by atoms with Gasteiger partial charge in [-0.1, -0.05) is 25.0 Å². The smallest absolute Gasteiger partial charge is 0.00224 e. The monoisotopic (exact) mass is 238 g/mol. The Morgan fingerprint density at radius 2 is 2.29 bits per heavy atom. The van der Waals surface area contributed by atoms with Crippen molar-refractivity contribution < 1.29 is 0 Å². The van der Waals surface area contributed by atoms with Gasteiger partial charge in [-0.05, 0) is 58.7 Å². The number of allylic oxidation sites excluding steroid dienone is 2. The van der Waals surface area contributed by atoms with Crippen LogP contribution in [-0.4, -0.2) is 38.1 Å². The number of likely N-dealkylation sites (tertiary alicyclic amines) is 1. The Kier molecular flexibility index (Phi) is 6.83. The zero-order chi connectivity index (χ0) is 12.7. The molecule has 0 aromatic rings. The van der Waals surface area contributed by atoms with Crippen molar-refractivity contribution >= 4 is 0 Å². The number of rotatable bonds is 7. The van der Waals surface area contributed by atoms with Gasteiger partial charge in [0.05, 0.1) is 0 Å². The highest BCUT2D eigenvalue weighted by atomic mass is 15.1. The highest BCUT2D eigenvalue weighted by Gasteiger charge is 2.23. The minimum atomic E-state index is 0.847. The molecule has 2 unspecified atom stereocenters. The first-order valence-corrected chi connectivity index (χ1v) is 7.18. The molecule has 0 aliphatic carbocycles. The van der Waals surface area contributed by atoms with Crippen molar-refractivity contribution in [3.63, 3.8) is 0 Å². The SMILES string of the molecule is C/C=C(/C)CC(CC)CN1CCC(CNC)C1. The summed E-state index contributed by atoms with van der Waals surface area (Å²) in [7, 11) is 2.06. The highest BCUT2D eigenvalue weighted by molar-refractivity contribution is 4.97. The molecule has 0 spiro atoms. The van der Waals surface area contributed by atoms with Gasteiger partial charge in [-0.15, -0.1) is 0 Å². The van der Waals surface area contributed by atoms with Crippen LogP contribution in [0.5, 0.6) is 0 Å². The second kappa shape index (κ2) is 7.88. The van der Waals surface area contributed by atoms with Crippen LogP contribution in [0.25, 0.3) is 0 Å². The Bertz CT molecular complexity index is 235. The Balaban J connectivity index is 2.32. The molecule has 2 atom stereocenters. The van der Waals surface area contributed by atoms with E-state index in [0.717, 1.165) is 11.8 Å². The third-order valence-electron chi connectivity index (χ3n) is 4.06. The predicted octanol–water partition coefficient (Wildman–Crippen LogP) is 2.91. The van der Waals surface area contributed by atoms with E-state index in [0.29, 0.717) is 0 Å². The molecule has 1 heterocycles. The Labute approximate surface area is 107 Å². The molecule has 0 aromatic heterocycles. The van der Waals surface area contributed by atoms with Crippen LogP contribution >= 0.6 is 0 Å². The van der Waals surface area contributed by atoms with Crippen LogP contribution in [0.1, 0.15) is 40.0 Å². The third-order valence-corrected chi connectivity index (χ3v) is 4.06. The topological polar surface area (TPSA) is 15.3 Å². The van der Waals surface area contributed by atoms with Crippen molar-refractivity contribution in [2.45, 2.75) is 40.0 Å². The molecule has 0 amide bonds. The van der Waals surface area contributed by atoms with Gasteiger partial charge in [0.2, 0.25) is 0 Å². The molecule has 0 bridgehead atoms. The molecule has 1 aliphatic heterocycles. The number of hydrogen-bond acceptors (Lipinski definition) is 2. The molecule has 1 N–H and O–H groups in total. The van der Waals surface area contributed by atoms with E-state index in [4.69, 9.17) is 0 Å². The summed E-state index contributed by atoms with van der Waals surface area (Å²) in [6.07, 6.45) is 6.22. The molecule has 0 radical (unpaired) electrons. The van der Waals surface area contributed by atoms with Crippen LogP contribution in [0.3, 0.4) is 0 Å². The van der Waals surface area contributed by atoms with Gasteiger partial charge in [0, 0.05) is 13.1 Å². The van der Waals surface area contributed by atoms with Crippen molar-refractivity contribution in [1.82, 2.24) is 10.2 Å². The fourth-order valence-corrected chi connectivity index (χ4v) is 2.81. The first-order valence-electron chi connectivity index (χ1n) is 7.18. The summed E-state index contributed by atoms with van der Waals surface area (Å²) in [6, 6.07) is 0. The molecular weight excluding hydrogens is 208 g/mol. The average Bonchev–Trinajstić information content (AvgIpc) is 2.76. The van der Waals surface area contributed by atoms with Crippen LogP contribution in [0.4, 0.5) is 0 Å². The Morgan fingerprint density at radius 3 is 2.88 bits per heavy atom. The third kappa shape index (κ3) is 5.22. The number of nitrogens with zero attached hydrogens (tertiary/aromatic N) is 1. The number of hydrogen-bond donors (Lipinski definition) is 1. The molecule has 0 aromatic carbocycles. The lowest BCUT2D eigenvalue weighted by molar-refractivity contribution is 0.262. The van der Waals surface area contributed by atoms with E-state index >= 15 is 0 Å². The molecule has 1 fully saturated rings. The average molecular weight is 238 g/mol. The lowest BCUT2D eigenvalue weighted by Gasteiger charge is -2.23. The van der Waals surface area contributed by atoms with Crippen LogP contribution in [0.15, 0.2) is 11.6 Å². The van der Waals surface area contributed by atoms with Gasteiger partial charge < -0.3 is 10.2 Å². The second-order valence-electron chi connectivity index (χ2n) is 5.59. The van der Waals surface area contributed by atoms with E-state index in [9.17, 15) is 0 Å². The second-order valence-corrected chi connectivity index (χ2v) is 5.59. The van der Waals surface area contributed by atoms with Crippen LogP contribution in [0, 0.1) is 11.8 Å². The molecule has 0 saturated carbocycles. The summed E-state index contributed by atoms with van der Waals surface area (Å²) >= 11 is 0. The van der Waals surface area contributed by atoms with Crippen LogP contribution < -0.4 is 5.32 Å². The normalized spacial score (nSPS) is 24.2. The highest BCUT2D eigenvalue weighted by Crippen LogP contribution is 2.21. The fourth-order valence-electron chi connectivity index (χ4n) is 2.81. The van der Waals surface area contributed by atoms with E-state index in [2.05, 4.69) is 44.1 Å². The molecule has 17 heavy (non-hydrogen) atoms. The molecule has 1 saturated heterocycles. The quantitative estimate of drug-likeness (QED) is 0.686. The van der Waals surface area contributed by atoms with E-state index in [-0.39, 0.29) is 0 Å². The number of nitrogens with one attached hydrogen (secondary N) is 1. The zero-order valence-electron chi connectivity index (χ0n) is 12.1. The minimum absolute atomic E-state index is 0.847. The van der Waals surface area contributed by atoms with Gasteiger partial charge in [-0.2, -0.15) is 0 Å². The molecular formula is C15H30N2. The van der Waals surface area contributed by atoms with Crippen molar-refractivity contribution in [3.05, 3.63) is 11.6 Å². The van der Waals surface area contributed by atoms with Gasteiger partial charge in [0.25, 0.3) is 0 Å². The first-order chi connectivity index (χ1) is 8.19. The lowest BCUT2D eigenvalue weighted by Crippen LogP contribution is -2.29. The summed E-state index contributed by atoms with van der Waals surface area (Å²) in [4.78, 5) is 2.67. The molecule has 1 aliphatic rings. The van der Waals surface area contributed by atoms with E-state index in [1.807, 2.05) is 0 Å². The van der Waals surface area contributed by atoms with Crippen LogP contribution in [-0.2, 0) is 0 Å². The maximum absolute atomic E-state index is 3.30. The maximum atomic E-state index is 3.30. The zero-order valence-corrected chi connectivity index (χ0v) is 12.1. The Morgan fingerprint density at radius 1 is 1.53 bits per heavy atom. The minimum Gasteiger partial charge on any atom is -0.319 e. The molecule has 2 nitrogen and oxygen atoms in total. The standard InChI is InChI=1S/C15H30N2/c1-5-13(3)9-14(6-2)11-17-8-7-15(12-17)10-16-4/h5,14-16H,6-12H2,1-4H3/b13-5-. The predicted molar refractivity (Wildman–Crippen MR) is 76.3 cm³/mol. The van der Waals surface area contributed by atoms with Gasteiger partial charge in [0.15, 0.2) is 0 Å². The van der Waals surface area contributed by atoms with Crippen molar-refractivity contribution in [2.24, 2.45) is 11.8 Å². The van der Waals surface area contributed by atoms with Crippen molar-refractivity contribution in [1.29, 1.82) is 0 Å². The van der Waals surface area contributed by atoms with E-state index in [1.54, 1.807) is 5.57 Å². The molecule has 2 heteroatoms. The largest absolute Gasteiger partial charge is 0.319 e. The summed E-state index contributed by atoms with van der Waals surface area (Å²) in [5.41, 5.74) is 1.54. The first kappa shape index (κ1) is 14.7. The summed E-state index contributed by atoms with van der Waals surface area (Å²) in [5.74, 6) is 1.72. The maximum Gasteiger partial charge on any atom is 0.00224 e. The summed E-state index contributed by atoms with van der Waals surface area (Å²) in [6.45, 7) is 11.8. The van der Waals surface area contributed by atoms with Gasteiger partial charge in [0.1, 0.15) is 0 Å². The summed E-state index contributed by atoms with van der Waals surface area (Å²) in [5, 5.41) is 3.30. The van der Waals surface area contributed by atoms with Gasteiger partial charge in [-0.3, -0.25) is 0 Å². The molecule has 1 rings (SSSR count). The van der Waals surface area contributed by atoms with Crippen molar-refractivity contribution in [3.8, 4) is 0 Å². The van der Waals surface area contributed by atoms with Gasteiger partial charge in [-0.25, -0.2) is 0 Å². The summed E-state index contributed by atoms with van der Waals surface area (Å²) < 4.78 is 0. The fraction of sp³-hybridized carbons (Fsp3) is 0.867. The van der Waals surface area contributed by atoms with E-state index < -0.39 is 0 Å². The van der Waals surface area contributed by atoms with E-state index in [1.165, 1.54) is 45.4 Å². The lowest BCUT2D eigenvalue weighted by atomic mass is 9.97. The van der Waals surface area contributed by atoms with Crippen LogP contribution in [0.2, 0.25) is 0 Å². The van der Waals surface area contributed by atoms with Crippen molar-refractivity contribution in [2.75, 3.05) is 33.2 Å². The Hall–Kier alpha value is -0.340. The van der Waals surface area contributed by atoms with Gasteiger partial charge >= 0.3 is 0 Å².